The van der Waals surface area contributed by atoms with Crippen molar-refractivity contribution in [2.45, 2.75) is 12.5 Å². The van der Waals surface area contributed by atoms with Crippen LogP contribution in [0.1, 0.15) is 28.6 Å². The summed E-state index contributed by atoms with van der Waals surface area (Å²) in [4.78, 5) is 31.0. The molecule has 1 aromatic heterocycles. The van der Waals surface area contributed by atoms with E-state index in [0.29, 0.717) is 60.8 Å². The molecule has 2 aliphatic rings. The van der Waals surface area contributed by atoms with Gasteiger partial charge in [0.25, 0.3) is 5.91 Å². The first-order valence-corrected chi connectivity index (χ1v) is 13.0. The van der Waals surface area contributed by atoms with Gasteiger partial charge < -0.3 is 28.6 Å². The van der Waals surface area contributed by atoms with Crippen molar-refractivity contribution in [3.8, 4) is 11.5 Å². The normalized spacial score (nSPS) is 18.1. The van der Waals surface area contributed by atoms with E-state index in [1.165, 1.54) is 7.11 Å². The number of benzene rings is 2. The fraction of sp³-hybridized carbons (Fsp3) is 0.333. The van der Waals surface area contributed by atoms with Crippen LogP contribution in [-0.4, -0.2) is 79.7 Å². The van der Waals surface area contributed by atoms with Gasteiger partial charge in [0, 0.05) is 31.6 Å². The van der Waals surface area contributed by atoms with Crippen LogP contribution in [-0.2, 0) is 9.53 Å². The van der Waals surface area contributed by atoms with E-state index in [-0.39, 0.29) is 11.3 Å². The maximum absolute atomic E-state index is 13.8. The van der Waals surface area contributed by atoms with E-state index in [1.807, 2.05) is 6.07 Å². The molecular weight excluding hydrogens is 500 g/mol. The zero-order valence-corrected chi connectivity index (χ0v) is 21.9. The first-order chi connectivity index (χ1) is 19.0. The van der Waals surface area contributed by atoms with Gasteiger partial charge in [-0.05, 0) is 36.2 Å². The van der Waals surface area contributed by atoms with Gasteiger partial charge in [-0.2, -0.15) is 0 Å². The third-order valence-corrected chi connectivity index (χ3v) is 7.04. The maximum Gasteiger partial charge on any atom is 0.290 e. The Morgan fingerprint density at radius 1 is 1.15 bits per heavy atom. The van der Waals surface area contributed by atoms with Crippen molar-refractivity contribution in [2.24, 2.45) is 0 Å². The minimum absolute atomic E-state index is 0.0100. The van der Waals surface area contributed by atoms with Gasteiger partial charge in [-0.3, -0.25) is 14.5 Å². The highest BCUT2D eigenvalue weighted by atomic mass is 16.5. The molecule has 1 N–H and O–H groups in total. The lowest BCUT2D eigenvalue weighted by molar-refractivity contribution is -0.129. The molecule has 3 aromatic rings. The molecule has 0 bridgehead atoms. The molecule has 0 spiro atoms. The summed E-state index contributed by atoms with van der Waals surface area (Å²) in [5.74, 6) is -0.542. The first kappa shape index (κ1) is 26.5. The van der Waals surface area contributed by atoms with Gasteiger partial charge in [0.15, 0.2) is 22.9 Å². The number of furan rings is 1. The predicted octanol–water partition coefficient (Wildman–Crippen LogP) is 4.31. The molecule has 9 heteroatoms. The third kappa shape index (κ3) is 5.41. The van der Waals surface area contributed by atoms with Crippen LogP contribution in [0.5, 0.6) is 11.5 Å². The fourth-order valence-corrected chi connectivity index (χ4v) is 5.10. The SMILES string of the molecule is C=CCOc1ccc(C2C(C(=O)c3cc4cccc(OC)c4o3)=C(O)C(=O)N2CCCN2CCOCC2)cc1. The van der Waals surface area contributed by atoms with Gasteiger partial charge in [0.1, 0.15) is 12.4 Å². The van der Waals surface area contributed by atoms with E-state index in [1.54, 1.807) is 53.4 Å². The van der Waals surface area contributed by atoms with Crippen LogP contribution in [0.4, 0.5) is 0 Å². The smallest absolute Gasteiger partial charge is 0.290 e. The fourth-order valence-electron chi connectivity index (χ4n) is 5.10. The molecule has 0 aliphatic carbocycles. The van der Waals surface area contributed by atoms with E-state index in [4.69, 9.17) is 18.6 Å². The standard InChI is InChI=1S/C30H32N2O7/c1-3-16-38-22-10-8-20(9-11-22)26-25(27(33)24-19-21-6-4-7-23(36-2)29(21)39-24)28(34)30(35)32(26)13-5-12-31-14-17-37-18-15-31/h3-4,6-11,19,26,34H,1,5,12-18H2,2H3. The van der Waals surface area contributed by atoms with E-state index < -0.39 is 23.5 Å². The van der Waals surface area contributed by atoms with E-state index >= 15 is 0 Å². The lowest BCUT2D eigenvalue weighted by Crippen LogP contribution is -2.39. The van der Waals surface area contributed by atoms with Gasteiger partial charge in [-0.1, -0.05) is 36.9 Å². The Hall–Kier alpha value is -4.08. The summed E-state index contributed by atoms with van der Waals surface area (Å²) in [5, 5.41) is 11.7. The zero-order chi connectivity index (χ0) is 27.4. The van der Waals surface area contributed by atoms with Crippen LogP contribution in [0.2, 0.25) is 0 Å². The number of morpholine rings is 1. The topological polar surface area (TPSA) is 102 Å². The quantitative estimate of drug-likeness (QED) is 0.288. The van der Waals surface area contributed by atoms with E-state index in [2.05, 4.69) is 11.5 Å². The highest BCUT2D eigenvalue weighted by Gasteiger charge is 2.44. The van der Waals surface area contributed by atoms with Crippen LogP contribution >= 0.6 is 0 Å². The Labute approximate surface area is 226 Å². The molecule has 9 nitrogen and oxygen atoms in total. The van der Waals surface area contributed by atoms with Crippen molar-refractivity contribution in [2.75, 3.05) is 53.1 Å². The number of carbonyl (C=O) groups is 2. The molecule has 1 unspecified atom stereocenters. The predicted molar refractivity (Wildman–Crippen MR) is 145 cm³/mol. The summed E-state index contributed by atoms with van der Waals surface area (Å²) in [5.41, 5.74) is 1.10. The van der Waals surface area contributed by atoms with Crippen LogP contribution in [0.25, 0.3) is 11.0 Å². The van der Waals surface area contributed by atoms with Gasteiger partial charge in [-0.15, -0.1) is 0 Å². The largest absolute Gasteiger partial charge is 0.503 e. The molecule has 1 fully saturated rings. The second-order valence-electron chi connectivity index (χ2n) is 9.46. The molecule has 0 saturated carbocycles. The van der Waals surface area contributed by atoms with Crippen molar-refractivity contribution in [3.05, 3.63) is 83.8 Å². The lowest BCUT2D eigenvalue weighted by atomic mass is 9.95. The van der Waals surface area contributed by atoms with E-state index in [0.717, 1.165) is 19.6 Å². The lowest BCUT2D eigenvalue weighted by Gasteiger charge is -2.30. The minimum atomic E-state index is -0.779. The molecule has 0 radical (unpaired) electrons. The number of amides is 1. The summed E-state index contributed by atoms with van der Waals surface area (Å²) in [6, 6.07) is 13.3. The van der Waals surface area contributed by atoms with E-state index in [9.17, 15) is 14.7 Å². The van der Waals surface area contributed by atoms with Gasteiger partial charge in [-0.25, -0.2) is 0 Å². The van der Waals surface area contributed by atoms with Crippen molar-refractivity contribution < 1.29 is 33.3 Å². The van der Waals surface area contributed by atoms with Crippen LogP contribution < -0.4 is 9.47 Å². The minimum Gasteiger partial charge on any atom is -0.503 e. The molecule has 2 aromatic carbocycles. The molecule has 3 heterocycles. The second kappa shape index (κ2) is 11.8. The zero-order valence-electron chi connectivity index (χ0n) is 21.9. The number of rotatable bonds is 11. The van der Waals surface area contributed by atoms with Gasteiger partial charge in [0.05, 0.1) is 31.9 Å². The number of aliphatic hydroxyl groups excluding tert-OH is 1. The number of aliphatic hydroxyl groups is 1. The Bertz CT molecular complexity index is 1390. The second-order valence-corrected chi connectivity index (χ2v) is 9.46. The average Bonchev–Trinajstić information content (AvgIpc) is 3.52. The number of Topliss-reactive ketones (excluding diaryl/α,β-unsaturated/α-hetero) is 1. The highest BCUT2D eigenvalue weighted by molar-refractivity contribution is 6.16. The Morgan fingerprint density at radius 2 is 1.92 bits per heavy atom. The number of methoxy groups -OCH3 is 1. The van der Waals surface area contributed by atoms with Crippen molar-refractivity contribution in [3.63, 3.8) is 0 Å². The Morgan fingerprint density at radius 3 is 2.64 bits per heavy atom. The monoisotopic (exact) mass is 532 g/mol. The molecule has 1 saturated heterocycles. The summed E-state index contributed by atoms with van der Waals surface area (Å²) in [7, 11) is 1.52. The number of hydrogen-bond acceptors (Lipinski definition) is 8. The molecule has 1 amide bonds. The molecule has 5 rings (SSSR count). The number of para-hydroxylation sites is 1. The van der Waals surface area contributed by atoms with Gasteiger partial charge >= 0.3 is 0 Å². The maximum atomic E-state index is 13.8. The summed E-state index contributed by atoms with van der Waals surface area (Å²) in [6.45, 7) is 8.22. The number of fused-ring (bicyclic) bond motifs is 1. The number of ketones is 1. The number of hydrogen-bond donors (Lipinski definition) is 1. The van der Waals surface area contributed by atoms with Crippen molar-refractivity contribution in [1.82, 2.24) is 9.80 Å². The van der Waals surface area contributed by atoms with Crippen LogP contribution in [0.3, 0.4) is 0 Å². The highest BCUT2D eigenvalue weighted by Crippen LogP contribution is 2.40. The Balaban J connectivity index is 1.46. The average molecular weight is 533 g/mol. The summed E-state index contributed by atoms with van der Waals surface area (Å²) in [6.07, 6.45) is 2.33. The molecule has 1 atom stereocenters. The summed E-state index contributed by atoms with van der Waals surface area (Å²) < 4.78 is 22.3. The van der Waals surface area contributed by atoms with Crippen LogP contribution in [0.15, 0.2) is 76.9 Å². The van der Waals surface area contributed by atoms with Crippen molar-refractivity contribution >= 4 is 22.7 Å². The first-order valence-electron chi connectivity index (χ1n) is 13.0. The number of ether oxygens (including phenoxy) is 3. The molecular formula is C30H32N2O7. The molecule has 39 heavy (non-hydrogen) atoms. The number of nitrogens with zero attached hydrogens (tertiary/aromatic N) is 2. The summed E-state index contributed by atoms with van der Waals surface area (Å²) >= 11 is 0. The van der Waals surface area contributed by atoms with Gasteiger partial charge in [0.2, 0.25) is 5.78 Å². The van der Waals surface area contributed by atoms with Crippen molar-refractivity contribution in [1.29, 1.82) is 0 Å². The molecule has 204 valence electrons. The molecule has 2 aliphatic heterocycles. The Kier molecular flexibility index (Phi) is 7.99. The third-order valence-electron chi connectivity index (χ3n) is 7.04. The van der Waals surface area contributed by atoms with Crippen LogP contribution in [0, 0.1) is 0 Å². The number of carbonyl (C=O) groups excluding carboxylic acids is 2.